The van der Waals surface area contributed by atoms with Gasteiger partial charge in [-0.1, -0.05) is 0 Å². The number of aromatic amines is 1. The Morgan fingerprint density at radius 2 is 1.83 bits per heavy atom. The van der Waals surface area contributed by atoms with E-state index in [1.165, 1.54) is 11.3 Å². The van der Waals surface area contributed by atoms with Crippen LogP contribution in [0.2, 0.25) is 0 Å². The maximum atomic E-state index is 13.1. The van der Waals surface area contributed by atoms with Crippen LogP contribution in [-0.4, -0.2) is 103 Å². The molecule has 1 aromatic carbocycles. The van der Waals surface area contributed by atoms with E-state index in [9.17, 15) is 9.59 Å². The third-order valence-electron chi connectivity index (χ3n) is 7.86. The Balaban J connectivity index is 0.883. The zero-order chi connectivity index (χ0) is 28.5. The second kappa shape index (κ2) is 11.3. The molecule has 1 atom stereocenters. The molecule has 0 radical (unpaired) electrons. The van der Waals surface area contributed by atoms with Gasteiger partial charge in [0.2, 0.25) is 5.91 Å². The second-order valence-electron chi connectivity index (χ2n) is 10.6. The molecular formula is C29H30N10O2S. The van der Waals surface area contributed by atoms with E-state index in [2.05, 4.69) is 52.4 Å². The number of benzene rings is 1. The molecule has 0 unspecified atom stereocenters. The van der Waals surface area contributed by atoms with Gasteiger partial charge in [0, 0.05) is 81.3 Å². The van der Waals surface area contributed by atoms with Gasteiger partial charge >= 0.3 is 0 Å². The van der Waals surface area contributed by atoms with E-state index >= 15 is 0 Å². The molecule has 0 spiro atoms. The number of thiophene rings is 1. The lowest BCUT2D eigenvalue weighted by molar-refractivity contribution is -0.132. The molecule has 0 saturated carbocycles. The van der Waals surface area contributed by atoms with E-state index < -0.39 is 0 Å². The Morgan fingerprint density at radius 1 is 1.02 bits per heavy atom. The lowest BCUT2D eigenvalue weighted by Crippen LogP contribution is -2.51. The SMILES string of the molecule is O=C(N[C@@H]1CCN(CC(=O)N2CCN(c3ccc(-c4ncccn4)cc3)CC2)C1)c1cc2c(-n3ccnc3)n[nH]c2s1. The van der Waals surface area contributed by atoms with Gasteiger partial charge in [0.15, 0.2) is 11.6 Å². The molecule has 0 aliphatic carbocycles. The van der Waals surface area contributed by atoms with Crippen molar-refractivity contribution in [1.29, 1.82) is 0 Å². The fourth-order valence-corrected chi connectivity index (χ4v) is 6.52. The highest BCUT2D eigenvalue weighted by Gasteiger charge is 2.29. The number of hydrogen-bond acceptors (Lipinski definition) is 9. The van der Waals surface area contributed by atoms with Crippen molar-refractivity contribution in [2.75, 3.05) is 50.7 Å². The van der Waals surface area contributed by atoms with Crippen molar-refractivity contribution in [1.82, 2.24) is 44.8 Å². The quantitative estimate of drug-likeness (QED) is 0.300. The molecule has 2 saturated heterocycles. The number of imidazole rings is 1. The van der Waals surface area contributed by atoms with Crippen LogP contribution in [0, 0.1) is 0 Å². The van der Waals surface area contributed by atoms with Crippen molar-refractivity contribution in [2.24, 2.45) is 0 Å². The van der Waals surface area contributed by atoms with E-state index in [1.807, 2.05) is 39.9 Å². The van der Waals surface area contributed by atoms with E-state index in [0.717, 1.165) is 53.3 Å². The van der Waals surface area contributed by atoms with Crippen molar-refractivity contribution >= 4 is 39.1 Å². The average Bonchev–Trinajstić information content (AvgIpc) is 3.84. The topological polar surface area (TPSA) is 128 Å². The lowest BCUT2D eigenvalue weighted by Gasteiger charge is -2.36. The molecule has 2 aliphatic rings. The molecule has 214 valence electrons. The first-order valence-electron chi connectivity index (χ1n) is 14.0. The highest BCUT2D eigenvalue weighted by atomic mass is 32.1. The van der Waals surface area contributed by atoms with Gasteiger partial charge in [0.25, 0.3) is 5.91 Å². The molecular weight excluding hydrogens is 552 g/mol. The Kier molecular flexibility index (Phi) is 7.10. The Bertz CT molecular complexity index is 1670. The second-order valence-corrected chi connectivity index (χ2v) is 11.6. The zero-order valence-electron chi connectivity index (χ0n) is 22.9. The minimum absolute atomic E-state index is 0.0121. The minimum Gasteiger partial charge on any atom is -0.368 e. The van der Waals surface area contributed by atoms with Crippen molar-refractivity contribution < 1.29 is 9.59 Å². The summed E-state index contributed by atoms with van der Waals surface area (Å²) >= 11 is 1.39. The van der Waals surface area contributed by atoms with Gasteiger partial charge in [-0.25, -0.2) is 15.0 Å². The molecule has 12 nitrogen and oxygen atoms in total. The first kappa shape index (κ1) is 26.3. The summed E-state index contributed by atoms with van der Waals surface area (Å²) in [4.78, 5) is 46.7. The Morgan fingerprint density at radius 3 is 2.60 bits per heavy atom. The van der Waals surface area contributed by atoms with Crippen LogP contribution in [0.25, 0.3) is 27.4 Å². The number of hydrogen-bond donors (Lipinski definition) is 2. The fourth-order valence-electron chi connectivity index (χ4n) is 5.62. The molecule has 6 heterocycles. The number of nitrogens with zero attached hydrogens (tertiary/aromatic N) is 8. The highest BCUT2D eigenvalue weighted by molar-refractivity contribution is 7.20. The van der Waals surface area contributed by atoms with Crippen molar-refractivity contribution in [3.8, 4) is 17.2 Å². The predicted octanol–water partition coefficient (Wildman–Crippen LogP) is 2.42. The number of anilines is 1. The molecule has 4 aromatic heterocycles. The van der Waals surface area contributed by atoms with Crippen molar-refractivity contribution in [3.63, 3.8) is 0 Å². The summed E-state index contributed by atoms with van der Waals surface area (Å²) in [6.07, 6.45) is 9.51. The van der Waals surface area contributed by atoms with E-state index in [-0.39, 0.29) is 17.9 Å². The van der Waals surface area contributed by atoms with E-state index in [1.54, 1.807) is 24.9 Å². The lowest BCUT2D eigenvalue weighted by atomic mass is 10.1. The van der Waals surface area contributed by atoms with Gasteiger partial charge < -0.3 is 15.1 Å². The van der Waals surface area contributed by atoms with Gasteiger partial charge in [-0.3, -0.25) is 24.2 Å². The number of nitrogens with one attached hydrogen (secondary N) is 2. The van der Waals surface area contributed by atoms with Crippen LogP contribution >= 0.6 is 11.3 Å². The van der Waals surface area contributed by atoms with Crippen LogP contribution in [-0.2, 0) is 4.79 Å². The van der Waals surface area contributed by atoms with Gasteiger partial charge in [0.1, 0.15) is 11.2 Å². The van der Waals surface area contributed by atoms with Crippen LogP contribution in [0.4, 0.5) is 5.69 Å². The van der Waals surface area contributed by atoms with E-state index in [0.29, 0.717) is 36.9 Å². The number of H-pyrrole nitrogens is 1. The number of fused-ring (bicyclic) bond motifs is 1. The molecule has 7 rings (SSSR count). The van der Waals surface area contributed by atoms with Gasteiger partial charge in [0.05, 0.1) is 16.8 Å². The Labute approximate surface area is 246 Å². The van der Waals surface area contributed by atoms with Crippen LogP contribution in [0.3, 0.4) is 0 Å². The largest absolute Gasteiger partial charge is 0.368 e. The molecule has 5 aromatic rings. The average molecular weight is 583 g/mol. The molecule has 2 aliphatic heterocycles. The minimum atomic E-state index is -0.0974. The number of carbonyl (C=O) groups is 2. The first-order valence-corrected chi connectivity index (χ1v) is 14.8. The summed E-state index contributed by atoms with van der Waals surface area (Å²) in [5, 5.41) is 11.4. The van der Waals surface area contributed by atoms with Gasteiger partial charge in [-0.2, -0.15) is 5.10 Å². The first-order chi connectivity index (χ1) is 20.6. The van der Waals surface area contributed by atoms with Gasteiger partial charge in [-0.15, -0.1) is 11.3 Å². The summed E-state index contributed by atoms with van der Waals surface area (Å²) in [7, 11) is 0. The third kappa shape index (κ3) is 5.35. The van der Waals surface area contributed by atoms with Crippen molar-refractivity contribution in [3.05, 3.63) is 72.4 Å². The summed E-state index contributed by atoms with van der Waals surface area (Å²) in [6, 6.07) is 12.0. The number of likely N-dealkylation sites (tertiary alicyclic amines) is 1. The number of piperazine rings is 1. The van der Waals surface area contributed by atoms with Crippen LogP contribution in [0.1, 0.15) is 16.1 Å². The Hall–Kier alpha value is -4.62. The fraction of sp³-hybridized carbons (Fsp3) is 0.310. The highest BCUT2D eigenvalue weighted by Crippen LogP contribution is 2.28. The summed E-state index contributed by atoms with van der Waals surface area (Å²) in [6.45, 7) is 4.79. The molecule has 2 amide bonds. The van der Waals surface area contributed by atoms with Crippen LogP contribution < -0.4 is 10.2 Å². The number of amides is 2. The zero-order valence-corrected chi connectivity index (χ0v) is 23.7. The third-order valence-corrected chi connectivity index (χ3v) is 8.90. The standard InChI is InChI=1S/C29H30N10O2S/c40-25(38-14-12-37(13-15-38)22-4-2-20(3-5-22)26-31-7-1-8-32-26)18-36-10-6-21(17-36)33-28(41)24-16-23-27(34-35-29(23)42-24)39-11-9-30-19-39/h1-5,7-9,11,16,19,21H,6,10,12-15,17-18H2,(H,33,41)(H,34,35)/t21-/m1/s1. The van der Waals surface area contributed by atoms with Crippen molar-refractivity contribution in [2.45, 2.75) is 12.5 Å². The maximum absolute atomic E-state index is 13.1. The molecule has 42 heavy (non-hydrogen) atoms. The molecule has 2 fully saturated rings. The normalized spacial score (nSPS) is 17.7. The maximum Gasteiger partial charge on any atom is 0.261 e. The smallest absolute Gasteiger partial charge is 0.261 e. The summed E-state index contributed by atoms with van der Waals surface area (Å²) in [5.41, 5.74) is 2.12. The summed E-state index contributed by atoms with van der Waals surface area (Å²) in [5.74, 6) is 1.48. The van der Waals surface area contributed by atoms with Crippen LogP contribution in [0.15, 0.2) is 67.5 Å². The van der Waals surface area contributed by atoms with E-state index in [4.69, 9.17) is 0 Å². The molecule has 0 bridgehead atoms. The monoisotopic (exact) mass is 582 g/mol. The predicted molar refractivity (Wildman–Crippen MR) is 160 cm³/mol. The van der Waals surface area contributed by atoms with Crippen LogP contribution in [0.5, 0.6) is 0 Å². The van der Waals surface area contributed by atoms with Gasteiger partial charge in [-0.05, 0) is 42.8 Å². The number of aromatic nitrogens is 6. The number of rotatable bonds is 7. The number of carbonyl (C=O) groups excluding carboxylic acids is 2. The summed E-state index contributed by atoms with van der Waals surface area (Å²) < 4.78 is 1.82. The molecule has 2 N–H and O–H groups in total. The molecule has 13 heteroatoms.